The molecule has 2 aromatic rings. The molecule has 0 bridgehead atoms. The molecule has 2 aliphatic heterocycles. The zero-order valence-electron chi connectivity index (χ0n) is 30.6. The minimum Gasteiger partial charge on any atom is -0.444 e. The van der Waals surface area contributed by atoms with E-state index in [2.05, 4.69) is 20.2 Å². The first-order chi connectivity index (χ1) is 25.0. The zero-order valence-corrected chi connectivity index (χ0v) is 32.2. The van der Waals surface area contributed by atoms with Crippen LogP contribution in [0.15, 0.2) is 42.5 Å². The van der Waals surface area contributed by atoms with Crippen molar-refractivity contribution in [2.45, 2.75) is 114 Å². The first kappa shape index (κ1) is 38.4. The second-order valence-electron chi connectivity index (χ2n) is 15.5. The Morgan fingerprint density at radius 1 is 1.11 bits per heavy atom. The van der Waals surface area contributed by atoms with Crippen LogP contribution < -0.4 is 15.4 Å². The number of rotatable bonds is 12. The number of fused-ring (bicyclic) bond motifs is 1. The van der Waals surface area contributed by atoms with Gasteiger partial charge in [-0.15, -0.1) is 0 Å². The Hall–Kier alpha value is -4.35. The highest BCUT2D eigenvalue weighted by molar-refractivity contribution is 7.91. The number of anilines is 1. The van der Waals surface area contributed by atoms with Crippen molar-refractivity contribution < 1.29 is 32.3 Å². The molecule has 2 saturated carbocycles. The number of sulfonamides is 1. The first-order valence-corrected chi connectivity index (χ1v) is 20.1. The molecule has 13 nitrogen and oxygen atoms in total. The molecule has 0 spiro atoms. The summed E-state index contributed by atoms with van der Waals surface area (Å²) in [4.78, 5) is 62.4. The molecule has 284 valence electrons. The Bertz CT molecular complexity index is 1960. The van der Waals surface area contributed by atoms with Gasteiger partial charge in [0.25, 0.3) is 11.4 Å². The Labute approximate surface area is 316 Å². The average Bonchev–Trinajstić information content (AvgIpc) is 4.01. The highest BCUT2D eigenvalue weighted by Crippen LogP contribution is 2.47. The Morgan fingerprint density at radius 3 is 2.45 bits per heavy atom. The topological polar surface area (TPSA) is 159 Å². The summed E-state index contributed by atoms with van der Waals surface area (Å²) in [5.74, 6) is -2.36. The van der Waals surface area contributed by atoms with Gasteiger partial charge in [0, 0.05) is 43.1 Å². The van der Waals surface area contributed by atoms with Gasteiger partial charge in [-0.3, -0.25) is 24.0 Å². The Morgan fingerprint density at radius 2 is 1.83 bits per heavy atom. The second-order valence-corrected chi connectivity index (χ2v) is 17.9. The third-order valence-corrected chi connectivity index (χ3v) is 13.1. The van der Waals surface area contributed by atoms with Gasteiger partial charge in [0.2, 0.25) is 21.8 Å². The van der Waals surface area contributed by atoms with Crippen molar-refractivity contribution >= 4 is 51.1 Å². The van der Waals surface area contributed by atoms with Crippen molar-refractivity contribution in [3.8, 4) is 0 Å². The summed E-state index contributed by atoms with van der Waals surface area (Å²) in [5.41, 5.74) is 0.911. The van der Waals surface area contributed by atoms with E-state index >= 15 is 0 Å². The summed E-state index contributed by atoms with van der Waals surface area (Å²) in [6.07, 6.45) is 0.241. The fourth-order valence-corrected chi connectivity index (χ4v) is 8.94. The number of hydrogen-bond acceptors (Lipinski definition) is 8. The molecular formula is C38H47ClN6O7S. The normalized spacial score (nSPS) is 24.2. The van der Waals surface area contributed by atoms with Crippen LogP contribution in [0.1, 0.15) is 83.4 Å². The smallest absolute Gasteiger partial charge is 0.410 e. The molecule has 2 heterocycles. The molecule has 4 amide bonds. The molecule has 0 unspecified atom stereocenters. The highest BCUT2D eigenvalue weighted by Gasteiger charge is 2.62. The lowest BCUT2D eigenvalue weighted by Gasteiger charge is -2.32. The Balaban J connectivity index is 1.24. The van der Waals surface area contributed by atoms with E-state index in [-0.39, 0.29) is 37.8 Å². The summed E-state index contributed by atoms with van der Waals surface area (Å²) in [7, 11) is -3.87. The maximum atomic E-state index is 14.5. The summed E-state index contributed by atoms with van der Waals surface area (Å²) in [6, 6.07) is 10.8. The second kappa shape index (κ2) is 14.5. The number of hydrogen-bond donors (Lipinski definition) is 3. The van der Waals surface area contributed by atoms with E-state index < -0.39 is 68.4 Å². The van der Waals surface area contributed by atoms with E-state index in [4.69, 9.17) is 22.9 Å². The van der Waals surface area contributed by atoms with Crippen molar-refractivity contribution in [3.05, 3.63) is 75.6 Å². The zero-order chi connectivity index (χ0) is 38.5. The lowest BCUT2D eigenvalue weighted by molar-refractivity contribution is -0.140. The van der Waals surface area contributed by atoms with Crippen LogP contribution in [-0.4, -0.2) is 77.6 Å². The first-order valence-electron chi connectivity index (χ1n) is 18.2. The molecular weight excluding hydrogens is 720 g/mol. The van der Waals surface area contributed by atoms with Crippen LogP contribution >= 0.6 is 11.6 Å². The maximum absolute atomic E-state index is 14.5. The quantitative estimate of drug-likeness (QED) is 0.256. The summed E-state index contributed by atoms with van der Waals surface area (Å²) >= 11 is 6.38. The third kappa shape index (κ3) is 7.82. The predicted molar refractivity (Wildman–Crippen MR) is 199 cm³/mol. The van der Waals surface area contributed by atoms with Crippen molar-refractivity contribution in [2.24, 2.45) is 11.8 Å². The van der Waals surface area contributed by atoms with Crippen LogP contribution in [0.25, 0.3) is 4.85 Å². The molecule has 4 aliphatic rings. The molecule has 5 atom stereocenters. The van der Waals surface area contributed by atoms with Gasteiger partial charge in [-0.05, 0) is 60.4 Å². The Kier molecular flexibility index (Phi) is 10.5. The highest BCUT2D eigenvalue weighted by atomic mass is 35.5. The number of ether oxygens (including phenoxy) is 1. The fraction of sp³-hybridized carbons (Fsp3) is 0.553. The van der Waals surface area contributed by atoms with Crippen molar-refractivity contribution in [2.75, 3.05) is 11.9 Å². The van der Waals surface area contributed by atoms with Crippen LogP contribution in [0.3, 0.4) is 0 Å². The van der Waals surface area contributed by atoms with E-state index in [0.29, 0.717) is 36.5 Å². The summed E-state index contributed by atoms with van der Waals surface area (Å²) in [5, 5.41) is 6.10. The lowest BCUT2D eigenvalue weighted by Crippen LogP contribution is -2.58. The largest absolute Gasteiger partial charge is 0.444 e. The van der Waals surface area contributed by atoms with E-state index in [0.717, 1.165) is 16.7 Å². The SMILES string of the molecule is [C-]#[N+]C(C)(C)c1cccc(N[C@H](C(=O)N2C[C@H](OC(=O)N3Cc4cccc(Cl)c4C3)C[C@H]2C(=O)N[C@]2(C(=O)NS(=O)(=O)C3CC3)C[C@H]2CC)C(C)C)c1. The molecule has 3 fully saturated rings. The number of nitrogens with one attached hydrogen (secondary N) is 3. The molecule has 2 aromatic carbocycles. The van der Waals surface area contributed by atoms with E-state index in [1.54, 1.807) is 12.1 Å². The molecule has 2 aliphatic carbocycles. The number of carbonyl (C=O) groups excluding carboxylic acids is 4. The minimum absolute atomic E-state index is 0.0286. The van der Waals surface area contributed by atoms with Crippen LogP contribution in [0.5, 0.6) is 0 Å². The van der Waals surface area contributed by atoms with Gasteiger partial charge in [-0.25, -0.2) is 19.8 Å². The van der Waals surface area contributed by atoms with E-state index in [9.17, 15) is 27.6 Å². The molecule has 0 radical (unpaired) electrons. The number of carbonyl (C=O) groups is 4. The number of amides is 4. The van der Waals surface area contributed by atoms with Crippen molar-refractivity contribution in [1.29, 1.82) is 0 Å². The fourth-order valence-electron chi connectivity index (χ4n) is 7.32. The van der Waals surface area contributed by atoms with Gasteiger partial charge < -0.3 is 25.1 Å². The van der Waals surface area contributed by atoms with Crippen LogP contribution in [0.4, 0.5) is 10.5 Å². The molecule has 0 aromatic heterocycles. The number of benzene rings is 2. The van der Waals surface area contributed by atoms with Gasteiger partial charge in [0.05, 0.1) is 18.3 Å². The molecule has 6 rings (SSSR count). The van der Waals surface area contributed by atoms with Crippen molar-refractivity contribution in [1.82, 2.24) is 19.8 Å². The average molecular weight is 767 g/mol. The van der Waals surface area contributed by atoms with Gasteiger partial charge in [-0.1, -0.05) is 63.1 Å². The van der Waals surface area contributed by atoms with Gasteiger partial charge >= 0.3 is 6.09 Å². The molecule has 3 N–H and O–H groups in total. The predicted octanol–water partition coefficient (Wildman–Crippen LogP) is 4.95. The summed E-state index contributed by atoms with van der Waals surface area (Å²) in [6.45, 7) is 17.3. The third-order valence-electron chi connectivity index (χ3n) is 11.0. The minimum atomic E-state index is -3.87. The van der Waals surface area contributed by atoms with Crippen LogP contribution in [0, 0.1) is 18.4 Å². The standard InChI is InChI=1S/C38H47ClN6O7S/c1-7-24-18-38(24,35(48)43-53(50,51)28-14-15-28)42-33(46)31-17-27(52-36(49)44-19-23-10-8-13-30(39)29(23)21-44)20-45(31)34(47)32(22(2)3)41-26-12-9-11-25(16-26)37(4,5)40-6/h8-13,16,22,24,27-28,31-32,41H,7,14-15,17-21H2,1-5H3,(H,42,46)(H,43,48)/t24-,27-,31+,32+,38-/m1/s1. The van der Waals surface area contributed by atoms with Gasteiger partial charge in [-0.2, -0.15) is 0 Å². The number of nitrogens with zero attached hydrogens (tertiary/aromatic N) is 3. The van der Waals surface area contributed by atoms with Crippen LogP contribution in [-0.2, 0) is 47.8 Å². The molecule has 53 heavy (non-hydrogen) atoms. The van der Waals surface area contributed by atoms with E-state index in [1.165, 1.54) is 9.80 Å². The molecule has 1 saturated heterocycles. The van der Waals surface area contributed by atoms with Gasteiger partial charge in [0.1, 0.15) is 23.7 Å². The summed E-state index contributed by atoms with van der Waals surface area (Å²) < 4.78 is 33.6. The molecule has 15 heteroatoms. The number of halogens is 1. The monoisotopic (exact) mass is 766 g/mol. The lowest BCUT2D eigenvalue weighted by atomic mass is 9.94. The van der Waals surface area contributed by atoms with Gasteiger partial charge in [0.15, 0.2) is 0 Å². The van der Waals surface area contributed by atoms with E-state index in [1.807, 2.05) is 65.0 Å². The maximum Gasteiger partial charge on any atom is 0.410 e. The van der Waals surface area contributed by atoms with Crippen molar-refractivity contribution in [3.63, 3.8) is 0 Å². The van der Waals surface area contributed by atoms with Crippen LogP contribution in [0.2, 0.25) is 5.02 Å². The number of likely N-dealkylation sites (tertiary alicyclic amines) is 1.